The topological polar surface area (TPSA) is 26.3 Å². The second kappa shape index (κ2) is 11.4. The number of unbranched alkanes of at least 4 members (excludes halogenated alkanes) is 4. The molecule has 0 aliphatic carbocycles. The molecule has 0 amide bonds. The molecule has 1 atom stereocenters. The van der Waals surface area contributed by atoms with Crippen LogP contribution in [0.5, 0.6) is 0 Å². The van der Waals surface area contributed by atoms with Crippen LogP contribution in [-0.2, 0) is 4.74 Å². The molecule has 2 nitrogen and oxygen atoms in total. The van der Waals surface area contributed by atoms with Gasteiger partial charge in [-0.05, 0) is 37.0 Å². The van der Waals surface area contributed by atoms with Gasteiger partial charge in [-0.3, -0.25) is 0 Å². The van der Waals surface area contributed by atoms with E-state index in [2.05, 4.69) is 19.9 Å². The van der Waals surface area contributed by atoms with Crippen molar-refractivity contribution in [3.63, 3.8) is 0 Å². The van der Waals surface area contributed by atoms with Crippen LogP contribution >= 0.6 is 0 Å². The third-order valence-electron chi connectivity index (χ3n) is 3.84. The molecule has 1 aromatic carbocycles. The molecule has 2 heteroatoms. The molecule has 0 spiro atoms. The summed E-state index contributed by atoms with van der Waals surface area (Å²) in [6.45, 7) is 5.00. The molecule has 0 N–H and O–H groups in total. The summed E-state index contributed by atoms with van der Waals surface area (Å²) >= 11 is 0. The molecule has 1 radical (unpaired) electrons. The first kappa shape index (κ1) is 17.7. The number of ether oxygens (including phenoxy) is 1. The monoisotopic (exact) mass is 289 g/mol. The Balaban J connectivity index is 2.35. The van der Waals surface area contributed by atoms with Crippen LogP contribution in [-0.4, -0.2) is 12.6 Å². The van der Waals surface area contributed by atoms with E-state index < -0.39 is 0 Å². The number of hydrogen-bond acceptors (Lipinski definition) is 2. The summed E-state index contributed by atoms with van der Waals surface area (Å²) in [4.78, 5) is 12.0. The maximum Gasteiger partial charge on any atom is 0.338 e. The van der Waals surface area contributed by atoms with Crippen LogP contribution in [0.1, 0.15) is 75.6 Å². The van der Waals surface area contributed by atoms with Crippen molar-refractivity contribution < 1.29 is 9.53 Å². The minimum Gasteiger partial charge on any atom is -0.462 e. The Kier molecular flexibility index (Phi) is 9.60. The van der Waals surface area contributed by atoms with E-state index in [4.69, 9.17) is 4.74 Å². The molecule has 0 saturated heterocycles. The second-order valence-electron chi connectivity index (χ2n) is 5.74. The van der Waals surface area contributed by atoms with Crippen LogP contribution in [0, 0.1) is 12.0 Å². The third kappa shape index (κ3) is 7.89. The second-order valence-corrected chi connectivity index (χ2v) is 5.74. The molecule has 0 saturated carbocycles. The zero-order valence-corrected chi connectivity index (χ0v) is 13.6. The number of benzene rings is 1. The van der Waals surface area contributed by atoms with Crippen LogP contribution < -0.4 is 0 Å². The number of esters is 1. The molecule has 0 bridgehead atoms. The van der Waals surface area contributed by atoms with Gasteiger partial charge in [0.25, 0.3) is 0 Å². The molecule has 1 aromatic rings. The highest BCUT2D eigenvalue weighted by Crippen LogP contribution is 2.18. The Morgan fingerprint density at radius 2 is 1.71 bits per heavy atom. The summed E-state index contributed by atoms with van der Waals surface area (Å²) in [6.07, 6.45) is 9.88. The van der Waals surface area contributed by atoms with E-state index >= 15 is 0 Å². The lowest BCUT2D eigenvalue weighted by atomic mass is 9.96. The van der Waals surface area contributed by atoms with E-state index in [9.17, 15) is 4.79 Å². The Morgan fingerprint density at radius 1 is 1.05 bits per heavy atom. The van der Waals surface area contributed by atoms with E-state index in [-0.39, 0.29) is 5.97 Å². The molecule has 1 unspecified atom stereocenters. The van der Waals surface area contributed by atoms with E-state index in [1.165, 1.54) is 51.4 Å². The van der Waals surface area contributed by atoms with Crippen molar-refractivity contribution in [2.75, 3.05) is 6.61 Å². The minimum atomic E-state index is -0.209. The van der Waals surface area contributed by atoms with E-state index in [0.29, 0.717) is 18.1 Å². The van der Waals surface area contributed by atoms with Gasteiger partial charge in [0.05, 0.1) is 12.2 Å². The summed E-state index contributed by atoms with van der Waals surface area (Å²) in [6, 6.07) is 9.91. The SMILES string of the molecule is CCCCCCC(CCCC)COC(=O)c1cc[c]cc1. The minimum absolute atomic E-state index is 0.209. The molecule has 21 heavy (non-hydrogen) atoms. The fourth-order valence-electron chi connectivity index (χ4n) is 2.46. The molecule has 1 rings (SSSR count). The fraction of sp³-hybridized carbons (Fsp3) is 0.632. The maximum absolute atomic E-state index is 12.0. The summed E-state index contributed by atoms with van der Waals surface area (Å²) in [5, 5.41) is 0. The van der Waals surface area contributed by atoms with Crippen molar-refractivity contribution in [3.05, 3.63) is 35.9 Å². The molecule has 0 heterocycles. The van der Waals surface area contributed by atoms with Crippen molar-refractivity contribution >= 4 is 5.97 Å². The van der Waals surface area contributed by atoms with Crippen molar-refractivity contribution in [1.82, 2.24) is 0 Å². The first-order valence-electron chi connectivity index (χ1n) is 8.41. The maximum atomic E-state index is 12.0. The van der Waals surface area contributed by atoms with Gasteiger partial charge in [-0.2, -0.15) is 0 Å². The summed E-state index contributed by atoms with van der Waals surface area (Å²) in [7, 11) is 0. The number of carbonyl (C=O) groups excluding carboxylic acids is 1. The Labute approximate surface area is 129 Å². The average molecular weight is 289 g/mol. The first-order chi connectivity index (χ1) is 10.3. The van der Waals surface area contributed by atoms with Gasteiger partial charge in [0.2, 0.25) is 0 Å². The highest BCUT2D eigenvalue weighted by Gasteiger charge is 2.12. The zero-order valence-electron chi connectivity index (χ0n) is 13.6. The van der Waals surface area contributed by atoms with Gasteiger partial charge in [-0.25, -0.2) is 4.79 Å². The third-order valence-corrected chi connectivity index (χ3v) is 3.84. The molecule has 0 fully saturated rings. The molecule has 117 valence electrons. The molecular weight excluding hydrogens is 260 g/mol. The van der Waals surface area contributed by atoms with Gasteiger partial charge >= 0.3 is 5.97 Å². The zero-order chi connectivity index (χ0) is 15.3. The lowest BCUT2D eigenvalue weighted by Crippen LogP contribution is -2.14. The molecule has 0 aliphatic rings. The van der Waals surface area contributed by atoms with Gasteiger partial charge < -0.3 is 4.74 Å². The van der Waals surface area contributed by atoms with E-state index in [0.717, 1.165) is 0 Å². The molecule has 0 aromatic heterocycles. The van der Waals surface area contributed by atoms with Gasteiger partial charge in [0.15, 0.2) is 0 Å². The quantitative estimate of drug-likeness (QED) is 0.401. The lowest BCUT2D eigenvalue weighted by Gasteiger charge is -2.16. The van der Waals surface area contributed by atoms with Crippen molar-refractivity contribution in [2.45, 2.75) is 65.2 Å². The normalized spacial score (nSPS) is 12.1. The Hall–Kier alpha value is -1.31. The van der Waals surface area contributed by atoms with Gasteiger partial charge in [0, 0.05) is 0 Å². The van der Waals surface area contributed by atoms with Gasteiger partial charge in [-0.15, -0.1) is 0 Å². The van der Waals surface area contributed by atoms with Crippen LogP contribution in [0.15, 0.2) is 24.3 Å². The predicted molar refractivity (Wildman–Crippen MR) is 87.3 cm³/mol. The smallest absolute Gasteiger partial charge is 0.338 e. The summed E-state index contributed by atoms with van der Waals surface area (Å²) in [5.74, 6) is 0.306. The Bertz CT molecular complexity index is 372. The largest absolute Gasteiger partial charge is 0.462 e. The van der Waals surface area contributed by atoms with Crippen LogP contribution in [0.2, 0.25) is 0 Å². The molecule has 0 aliphatic heterocycles. The van der Waals surface area contributed by atoms with E-state index in [1.807, 2.05) is 0 Å². The fourth-order valence-corrected chi connectivity index (χ4v) is 2.46. The van der Waals surface area contributed by atoms with Crippen molar-refractivity contribution in [1.29, 1.82) is 0 Å². The van der Waals surface area contributed by atoms with Crippen LogP contribution in [0.25, 0.3) is 0 Å². The van der Waals surface area contributed by atoms with Crippen LogP contribution in [0.4, 0.5) is 0 Å². The first-order valence-corrected chi connectivity index (χ1v) is 8.41. The molecular formula is C19H29O2. The predicted octanol–water partition coefficient (Wildman–Crippen LogP) is 5.42. The highest BCUT2D eigenvalue weighted by molar-refractivity contribution is 5.89. The van der Waals surface area contributed by atoms with Gasteiger partial charge in [-0.1, -0.05) is 64.5 Å². The van der Waals surface area contributed by atoms with E-state index in [1.54, 1.807) is 24.3 Å². The summed E-state index contributed by atoms with van der Waals surface area (Å²) in [5.41, 5.74) is 0.619. The van der Waals surface area contributed by atoms with Gasteiger partial charge in [0.1, 0.15) is 0 Å². The summed E-state index contributed by atoms with van der Waals surface area (Å²) < 4.78 is 5.49. The van der Waals surface area contributed by atoms with Crippen molar-refractivity contribution in [2.24, 2.45) is 5.92 Å². The number of rotatable bonds is 11. The lowest BCUT2D eigenvalue weighted by molar-refractivity contribution is 0.0422. The Morgan fingerprint density at radius 3 is 2.38 bits per heavy atom. The van der Waals surface area contributed by atoms with Crippen LogP contribution in [0.3, 0.4) is 0 Å². The standard InChI is InChI=1S/C19H29O2/c1-3-5-7-9-13-17(12-6-4-2)16-21-19(20)18-14-10-8-11-15-18/h10-11,14-15,17H,3-7,9,12-13,16H2,1-2H3. The highest BCUT2D eigenvalue weighted by atomic mass is 16.5. The number of hydrogen-bond donors (Lipinski definition) is 0. The number of carbonyl (C=O) groups is 1. The average Bonchev–Trinajstić information content (AvgIpc) is 2.53. The van der Waals surface area contributed by atoms with Crippen molar-refractivity contribution in [3.8, 4) is 0 Å².